The van der Waals surface area contributed by atoms with E-state index in [1.807, 2.05) is 18.2 Å². The molecule has 0 saturated carbocycles. The van der Waals surface area contributed by atoms with Gasteiger partial charge in [-0.15, -0.1) is 11.3 Å². The number of nitrogens with one attached hydrogen (secondary N) is 1. The Balaban J connectivity index is 1.59. The molecule has 0 fully saturated rings. The predicted octanol–water partition coefficient (Wildman–Crippen LogP) is 3.15. The quantitative estimate of drug-likeness (QED) is 0.601. The first-order valence-corrected chi connectivity index (χ1v) is 8.21. The van der Waals surface area contributed by atoms with Gasteiger partial charge in [0.05, 0.1) is 0 Å². The van der Waals surface area contributed by atoms with E-state index in [0.717, 1.165) is 43.6 Å². The molecule has 1 aromatic carbocycles. The van der Waals surface area contributed by atoms with Crippen molar-refractivity contribution >= 4 is 43.4 Å². The molecule has 0 aliphatic carbocycles. The van der Waals surface area contributed by atoms with Crippen molar-refractivity contribution in [2.45, 2.75) is 0 Å². The van der Waals surface area contributed by atoms with E-state index in [9.17, 15) is 0 Å². The van der Waals surface area contributed by atoms with E-state index < -0.39 is 0 Å². The molecule has 24 heavy (non-hydrogen) atoms. The molecule has 1 aliphatic rings. The molecule has 4 heterocycles. The van der Waals surface area contributed by atoms with Crippen LogP contribution in [0.3, 0.4) is 0 Å². The van der Waals surface area contributed by atoms with Crippen molar-refractivity contribution in [1.82, 2.24) is 19.9 Å². The lowest BCUT2D eigenvalue weighted by Crippen LogP contribution is -2.15. The molecule has 0 radical (unpaired) electrons. The minimum atomic E-state index is 0.557. The lowest BCUT2D eigenvalue weighted by Gasteiger charge is -2.19. The molecule has 0 amide bonds. The topological polar surface area (TPSA) is 82.1 Å². The Kier molecular flexibility index (Phi) is 2.95. The lowest BCUT2D eigenvalue weighted by atomic mass is 10.2. The third-order valence-corrected chi connectivity index (χ3v) is 4.78. The number of anilines is 2. The van der Waals surface area contributed by atoms with Crippen LogP contribution in [-0.2, 0) is 0 Å². The normalized spacial score (nSPS) is 13.3. The molecule has 0 saturated heterocycles. The van der Waals surface area contributed by atoms with Crippen LogP contribution in [0, 0.1) is 0 Å². The summed E-state index contributed by atoms with van der Waals surface area (Å²) in [7, 11) is 0. The zero-order valence-corrected chi connectivity index (χ0v) is 13.2. The first kappa shape index (κ1) is 13.4. The van der Waals surface area contributed by atoms with Crippen molar-refractivity contribution in [3.05, 3.63) is 36.9 Å². The molecule has 8 heteroatoms. The summed E-state index contributed by atoms with van der Waals surface area (Å²) in [6.45, 7) is 1.13. The number of benzene rings is 1. The van der Waals surface area contributed by atoms with Crippen LogP contribution in [0.1, 0.15) is 0 Å². The van der Waals surface area contributed by atoms with E-state index in [2.05, 4.69) is 25.3 Å². The zero-order valence-electron chi connectivity index (χ0n) is 12.4. The summed E-state index contributed by atoms with van der Waals surface area (Å²) in [5, 5.41) is 3.33. The number of rotatable bonds is 2. The second-order valence-electron chi connectivity index (χ2n) is 5.20. The van der Waals surface area contributed by atoms with E-state index in [-0.39, 0.29) is 0 Å². The van der Waals surface area contributed by atoms with E-state index in [4.69, 9.17) is 9.47 Å². The smallest absolute Gasteiger partial charge is 0.163 e. The van der Waals surface area contributed by atoms with Gasteiger partial charge in [0.2, 0.25) is 0 Å². The average molecular weight is 337 g/mol. The molecule has 0 unspecified atom stereocenters. The monoisotopic (exact) mass is 337 g/mol. The lowest BCUT2D eigenvalue weighted by molar-refractivity contribution is 0.171. The SMILES string of the molecule is c1cnc2c(n1)sc1c(Nc3ccc4c(c3)OCCO4)ncnc12. The summed E-state index contributed by atoms with van der Waals surface area (Å²) >= 11 is 1.52. The maximum atomic E-state index is 5.62. The highest BCUT2D eigenvalue weighted by atomic mass is 32.1. The molecule has 0 bridgehead atoms. The standard InChI is InChI=1S/C16H11N5O2S/c1-2-10-11(23-6-5-22-10)7-9(1)21-15-14-12(19-8-20-15)13-16(24-14)18-4-3-17-13/h1-4,7-8H,5-6H2,(H,19,20,21). The molecular weight excluding hydrogens is 326 g/mol. The fraction of sp³-hybridized carbons (Fsp3) is 0.125. The third-order valence-electron chi connectivity index (χ3n) is 3.70. The number of hydrogen-bond donors (Lipinski definition) is 1. The van der Waals surface area contributed by atoms with Crippen LogP contribution in [-0.4, -0.2) is 33.1 Å². The van der Waals surface area contributed by atoms with Crippen LogP contribution >= 0.6 is 11.3 Å². The maximum absolute atomic E-state index is 5.62. The predicted molar refractivity (Wildman–Crippen MR) is 91.2 cm³/mol. The van der Waals surface area contributed by atoms with Gasteiger partial charge >= 0.3 is 0 Å². The molecule has 1 aliphatic heterocycles. The second kappa shape index (κ2) is 5.27. The van der Waals surface area contributed by atoms with Crippen molar-refractivity contribution in [1.29, 1.82) is 0 Å². The summed E-state index contributed by atoms with van der Waals surface area (Å²) in [5.74, 6) is 2.22. The molecule has 7 nitrogen and oxygen atoms in total. The number of nitrogens with zero attached hydrogens (tertiary/aromatic N) is 4. The minimum Gasteiger partial charge on any atom is -0.486 e. The molecule has 5 rings (SSSR count). The molecule has 0 atom stereocenters. The summed E-state index contributed by atoms with van der Waals surface area (Å²) < 4.78 is 12.1. The van der Waals surface area contributed by atoms with Crippen molar-refractivity contribution in [3.8, 4) is 11.5 Å². The van der Waals surface area contributed by atoms with Gasteiger partial charge in [0.15, 0.2) is 17.3 Å². The number of thiophene rings is 1. The van der Waals surface area contributed by atoms with Crippen molar-refractivity contribution in [2.75, 3.05) is 18.5 Å². The largest absolute Gasteiger partial charge is 0.486 e. The van der Waals surface area contributed by atoms with Gasteiger partial charge in [-0.3, -0.25) is 0 Å². The maximum Gasteiger partial charge on any atom is 0.163 e. The highest BCUT2D eigenvalue weighted by Gasteiger charge is 2.15. The summed E-state index contributed by atoms with van der Waals surface area (Å²) in [5.41, 5.74) is 2.47. The van der Waals surface area contributed by atoms with Crippen LogP contribution in [0.15, 0.2) is 36.9 Å². The van der Waals surface area contributed by atoms with Crippen LogP contribution in [0.5, 0.6) is 11.5 Å². The average Bonchev–Trinajstić information content (AvgIpc) is 3.02. The Bertz CT molecular complexity index is 1060. The van der Waals surface area contributed by atoms with Gasteiger partial charge in [0.1, 0.15) is 40.1 Å². The fourth-order valence-corrected chi connectivity index (χ4v) is 3.64. The Morgan fingerprint density at radius 1 is 0.917 bits per heavy atom. The second-order valence-corrected chi connectivity index (χ2v) is 6.19. The van der Waals surface area contributed by atoms with Crippen molar-refractivity contribution in [2.24, 2.45) is 0 Å². The first-order valence-electron chi connectivity index (χ1n) is 7.39. The number of fused-ring (bicyclic) bond motifs is 4. The Labute approximate surface area is 140 Å². The first-order chi connectivity index (χ1) is 11.9. The van der Waals surface area contributed by atoms with Gasteiger partial charge < -0.3 is 14.8 Å². The summed E-state index contributed by atoms with van der Waals surface area (Å²) in [6, 6.07) is 5.74. The van der Waals surface area contributed by atoms with Crippen LogP contribution in [0.2, 0.25) is 0 Å². The molecule has 0 spiro atoms. The van der Waals surface area contributed by atoms with Crippen LogP contribution < -0.4 is 14.8 Å². The molecule has 4 aromatic rings. The molecule has 3 aromatic heterocycles. The highest BCUT2D eigenvalue weighted by molar-refractivity contribution is 7.25. The molecule has 118 valence electrons. The number of aromatic nitrogens is 4. The van der Waals surface area contributed by atoms with E-state index >= 15 is 0 Å². The van der Waals surface area contributed by atoms with Crippen molar-refractivity contribution in [3.63, 3.8) is 0 Å². The third kappa shape index (κ3) is 2.11. The van der Waals surface area contributed by atoms with Crippen LogP contribution in [0.25, 0.3) is 20.6 Å². The van der Waals surface area contributed by atoms with Gasteiger partial charge in [-0.25, -0.2) is 19.9 Å². The van der Waals surface area contributed by atoms with Gasteiger partial charge in [-0.2, -0.15) is 0 Å². The van der Waals surface area contributed by atoms with E-state index in [1.165, 1.54) is 17.7 Å². The van der Waals surface area contributed by atoms with Gasteiger partial charge in [0, 0.05) is 24.1 Å². The van der Waals surface area contributed by atoms with Gasteiger partial charge in [-0.05, 0) is 12.1 Å². The Hall–Kier alpha value is -3.00. The minimum absolute atomic E-state index is 0.557. The summed E-state index contributed by atoms with van der Waals surface area (Å²) in [4.78, 5) is 18.3. The summed E-state index contributed by atoms with van der Waals surface area (Å²) in [6.07, 6.45) is 4.88. The molecular formula is C16H11N5O2S. The van der Waals surface area contributed by atoms with E-state index in [0.29, 0.717) is 13.2 Å². The van der Waals surface area contributed by atoms with E-state index in [1.54, 1.807) is 12.4 Å². The Morgan fingerprint density at radius 2 is 1.79 bits per heavy atom. The number of hydrogen-bond acceptors (Lipinski definition) is 8. The van der Waals surface area contributed by atoms with Gasteiger partial charge in [0.25, 0.3) is 0 Å². The Morgan fingerprint density at radius 3 is 2.75 bits per heavy atom. The number of ether oxygens (including phenoxy) is 2. The van der Waals surface area contributed by atoms with Crippen LogP contribution in [0.4, 0.5) is 11.5 Å². The van der Waals surface area contributed by atoms with Gasteiger partial charge in [-0.1, -0.05) is 0 Å². The highest BCUT2D eigenvalue weighted by Crippen LogP contribution is 2.37. The van der Waals surface area contributed by atoms with Crippen molar-refractivity contribution < 1.29 is 9.47 Å². The fourth-order valence-electron chi connectivity index (χ4n) is 2.65. The zero-order chi connectivity index (χ0) is 15.9. The molecule has 1 N–H and O–H groups in total.